The maximum absolute atomic E-state index is 9.88. The molecular weight excluding hydrogens is 242 g/mol. The van der Waals surface area contributed by atoms with Crippen molar-refractivity contribution >= 4 is 0 Å². The van der Waals surface area contributed by atoms with E-state index in [0.717, 1.165) is 37.4 Å². The van der Waals surface area contributed by atoms with E-state index in [2.05, 4.69) is 5.32 Å². The molecule has 1 saturated heterocycles. The molecule has 0 bridgehead atoms. The number of rotatable bonds is 6. The average Bonchev–Trinajstić information content (AvgIpc) is 2.44. The first kappa shape index (κ1) is 14.3. The summed E-state index contributed by atoms with van der Waals surface area (Å²) in [4.78, 5) is 0. The second-order valence-electron chi connectivity index (χ2n) is 5.10. The molecule has 1 aliphatic rings. The van der Waals surface area contributed by atoms with Crippen LogP contribution in [0.15, 0.2) is 24.3 Å². The van der Waals surface area contributed by atoms with Crippen molar-refractivity contribution in [1.29, 1.82) is 0 Å². The van der Waals surface area contributed by atoms with Crippen molar-refractivity contribution in [3.05, 3.63) is 29.8 Å². The number of aliphatic hydroxyl groups is 1. The molecule has 1 heterocycles. The monoisotopic (exact) mass is 265 g/mol. The van der Waals surface area contributed by atoms with Crippen LogP contribution in [0.1, 0.15) is 18.4 Å². The summed E-state index contributed by atoms with van der Waals surface area (Å²) < 4.78 is 10.9. The first-order valence-corrected chi connectivity index (χ1v) is 6.92. The van der Waals surface area contributed by atoms with Crippen molar-refractivity contribution in [2.75, 3.05) is 26.4 Å². The smallest absolute Gasteiger partial charge is 0.119 e. The predicted octanol–water partition coefficient (Wildman–Crippen LogP) is 1.50. The summed E-state index contributed by atoms with van der Waals surface area (Å²) >= 11 is 0. The average molecular weight is 265 g/mol. The number of aryl methyl sites for hydroxylation is 1. The Morgan fingerprint density at radius 3 is 3.16 bits per heavy atom. The molecule has 1 aliphatic heterocycles. The molecule has 4 nitrogen and oxygen atoms in total. The topological polar surface area (TPSA) is 50.7 Å². The van der Waals surface area contributed by atoms with E-state index in [0.29, 0.717) is 19.2 Å². The molecular formula is C15H23NO3. The first-order valence-electron chi connectivity index (χ1n) is 6.92. The third-order valence-corrected chi connectivity index (χ3v) is 3.23. The molecule has 2 atom stereocenters. The van der Waals surface area contributed by atoms with Crippen LogP contribution in [0.2, 0.25) is 0 Å². The number of hydrogen-bond acceptors (Lipinski definition) is 4. The molecule has 19 heavy (non-hydrogen) atoms. The fraction of sp³-hybridized carbons (Fsp3) is 0.600. The molecule has 0 radical (unpaired) electrons. The lowest BCUT2D eigenvalue weighted by Gasteiger charge is -2.24. The quantitative estimate of drug-likeness (QED) is 0.818. The van der Waals surface area contributed by atoms with Gasteiger partial charge in [-0.05, 0) is 37.5 Å². The van der Waals surface area contributed by atoms with Gasteiger partial charge in [-0.15, -0.1) is 0 Å². The van der Waals surface area contributed by atoms with Gasteiger partial charge in [-0.3, -0.25) is 0 Å². The van der Waals surface area contributed by atoms with Gasteiger partial charge in [0.05, 0.1) is 6.61 Å². The van der Waals surface area contributed by atoms with Crippen molar-refractivity contribution in [2.24, 2.45) is 0 Å². The number of nitrogens with one attached hydrogen (secondary N) is 1. The highest BCUT2D eigenvalue weighted by molar-refractivity contribution is 5.27. The molecule has 1 aromatic rings. The van der Waals surface area contributed by atoms with Crippen molar-refractivity contribution in [1.82, 2.24) is 5.32 Å². The van der Waals surface area contributed by atoms with Gasteiger partial charge in [0.25, 0.3) is 0 Å². The molecule has 106 valence electrons. The van der Waals surface area contributed by atoms with Gasteiger partial charge < -0.3 is 19.9 Å². The van der Waals surface area contributed by atoms with E-state index in [-0.39, 0.29) is 0 Å². The van der Waals surface area contributed by atoms with Crippen molar-refractivity contribution < 1.29 is 14.6 Å². The zero-order chi connectivity index (χ0) is 13.5. The Morgan fingerprint density at radius 1 is 1.53 bits per heavy atom. The summed E-state index contributed by atoms with van der Waals surface area (Å²) in [6.07, 6.45) is 1.71. The highest BCUT2D eigenvalue weighted by Crippen LogP contribution is 2.12. The van der Waals surface area contributed by atoms with Crippen LogP contribution < -0.4 is 10.1 Å². The van der Waals surface area contributed by atoms with E-state index in [4.69, 9.17) is 9.47 Å². The number of benzene rings is 1. The Bertz CT molecular complexity index is 377. The normalized spacial score (nSPS) is 21.1. The number of hydrogen-bond donors (Lipinski definition) is 2. The van der Waals surface area contributed by atoms with Crippen LogP contribution in [0.5, 0.6) is 5.75 Å². The van der Waals surface area contributed by atoms with Crippen LogP contribution in [0, 0.1) is 6.92 Å². The zero-order valence-corrected chi connectivity index (χ0v) is 11.5. The molecule has 0 aromatic heterocycles. The SMILES string of the molecule is Cc1cccc(OCC(O)CNC2CCCOC2)c1. The third-order valence-electron chi connectivity index (χ3n) is 3.23. The first-order chi connectivity index (χ1) is 9.24. The van der Waals surface area contributed by atoms with Crippen LogP contribution >= 0.6 is 0 Å². The summed E-state index contributed by atoms with van der Waals surface area (Å²) in [5.41, 5.74) is 1.16. The van der Waals surface area contributed by atoms with Gasteiger partial charge in [0.15, 0.2) is 0 Å². The molecule has 4 heteroatoms. The fourth-order valence-corrected chi connectivity index (χ4v) is 2.16. The van der Waals surface area contributed by atoms with E-state index >= 15 is 0 Å². The van der Waals surface area contributed by atoms with Gasteiger partial charge in [-0.2, -0.15) is 0 Å². The van der Waals surface area contributed by atoms with E-state index < -0.39 is 6.10 Å². The van der Waals surface area contributed by atoms with E-state index in [1.807, 2.05) is 31.2 Å². The summed E-state index contributed by atoms with van der Waals surface area (Å²) in [6, 6.07) is 8.21. The predicted molar refractivity (Wildman–Crippen MR) is 74.5 cm³/mol. The molecule has 1 fully saturated rings. The minimum Gasteiger partial charge on any atom is -0.491 e. The van der Waals surface area contributed by atoms with Crippen LogP contribution in [0.3, 0.4) is 0 Å². The van der Waals surface area contributed by atoms with E-state index in [9.17, 15) is 5.11 Å². The maximum Gasteiger partial charge on any atom is 0.119 e. The number of ether oxygens (including phenoxy) is 2. The van der Waals surface area contributed by atoms with Crippen LogP contribution in [-0.4, -0.2) is 43.6 Å². The highest BCUT2D eigenvalue weighted by atomic mass is 16.5. The van der Waals surface area contributed by atoms with E-state index in [1.54, 1.807) is 0 Å². The Labute approximate surface area is 114 Å². The van der Waals surface area contributed by atoms with Crippen LogP contribution in [0.4, 0.5) is 0 Å². The Morgan fingerprint density at radius 2 is 2.42 bits per heavy atom. The lowest BCUT2D eigenvalue weighted by Crippen LogP contribution is -2.42. The molecule has 2 N–H and O–H groups in total. The molecule has 0 amide bonds. The van der Waals surface area contributed by atoms with Crippen molar-refractivity contribution in [3.8, 4) is 5.75 Å². The Balaban J connectivity index is 1.65. The lowest BCUT2D eigenvalue weighted by atomic mass is 10.1. The van der Waals surface area contributed by atoms with Crippen molar-refractivity contribution in [3.63, 3.8) is 0 Å². The Hall–Kier alpha value is -1.10. The molecule has 0 spiro atoms. The van der Waals surface area contributed by atoms with Gasteiger partial charge in [-0.1, -0.05) is 12.1 Å². The second kappa shape index (κ2) is 7.48. The van der Waals surface area contributed by atoms with Crippen LogP contribution in [0.25, 0.3) is 0 Å². The molecule has 0 saturated carbocycles. The van der Waals surface area contributed by atoms with E-state index in [1.165, 1.54) is 0 Å². The minimum atomic E-state index is -0.498. The summed E-state index contributed by atoms with van der Waals surface area (Å²) in [5, 5.41) is 13.2. The molecule has 2 unspecified atom stereocenters. The summed E-state index contributed by atoms with van der Waals surface area (Å²) in [6.45, 7) is 4.47. The lowest BCUT2D eigenvalue weighted by molar-refractivity contribution is 0.0572. The summed E-state index contributed by atoms with van der Waals surface area (Å²) in [7, 11) is 0. The minimum absolute atomic E-state index is 0.310. The largest absolute Gasteiger partial charge is 0.491 e. The van der Waals surface area contributed by atoms with Gasteiger partial charge in [0.1, 0.15) is 18.5 Å². The number of aliphatic hydroxyl groups excluding tert-OH is 1. The van der Waals surface area contributed by atoms with Crippen molar-refractivity contribution in [2.45, 2.75) is 31.9 Å². The zero-order valence-electron chi connectivity index (χ0n) is 11.5. The Kier molecular flexibility index (Phi) is 5.63. The highest BCUT2D eigenvalue weighted by Gasteiger charge is 2.14. The standard InChI is InChI=1S/C15H23NO3/c1-12-4-2-6-15(8-12)19-11-14(17)9-16-13-5-3-7-18-10-13/h2,4,6,8,13-14,16-17H,3,5,7,9-11H2,1H3. The fourth-order valence-electron chi connectivity index (χ4n) is 2.16. The summed E-state index contributed by atoms with van der Waals surface area (Å²) in [5.74, 6) is 0.806. The van der Waals surface area contributed by atoms with Gasteiger partial charge in [0, 0.05) is 19.2 Å². The van der Waals surface area contributed by atoms with Crippen LogP contribution in [-0.2, 0) is 4.74 Å². The molecule has 2 rings (SSSR count). The van der Waals surface area contributed by atoms with Gasteiger partial charge >= 0.3 is 0 Å². The third kappa shape index (κ3) is 5.19. The molecule has 1 aromatic carbocycles. The maximum atomic E-state index is 9.88. The molecule has 0 aliphatic carbocycles. The van der Waals surface area contributed by atoms with Gasteiger partial charge in [0.2, 0.25) is 0 Å². The second-order valence-corrected chi connectivity index (χ2v) is 5.10. The van der Waals surface area contributed by atoms with Gasteiger partial charge in [-0.25, -0.2) is 0 Å².